The van der Waals surface area contributed by atoms with Gasteiger partial charge < -0.3 is 19.3 Å². The van der Waals surface area contributed by atoms with Gasteiger partial charge in [0.25, 0.3) is 0 Å². The Kier molecular flexibility index (Phi) is 43.2. The first-order valence-corrected chi connectivity index (χ1v) is 13.7. The normalized spacial score (nSPS) is 10.0. The minimum absolute atomic E-state index is 0.0811. The molecule has 8 nitrogen and oxygen atoms in total. The third-order valence-corrected chi connectivity index (χ3v) is 3.74. The van der Waals surface area contributed by atoms with Crippen molar-refractivity contribution in [1.29, 1.82) is 0 Å². The number of ketones is 1. The van der Waals surface area contributed by atoms with Crippen molar-refractivity contribution in [1.82, 2.24) is 0 Å². The summed E-state index contributed by atoms with van der Waals surface area (Å²) in [6, 6.07) is 0. The van der Waals surface area contributed by atoms with Crippen molar-refractivity contribution in [2.45, 2.75) is 106 Å². The lowest BCUT2D eigenvalue weighted by Gasteiger charge is -2.00. The first kappa shape index (κ1) is 42.4. The van der Waals surface area contributed by atoms with E-state index in [0.29, 0.717) is 26.2 Å². The minimum Gasteiger partial charge on any atom is -0.466 e. The maximum absolute atomic E-state index is 10.8. The standard InChI is InChI=1S/C10H16O3.C10H18O2.C8H14O2.C2H6O/c1-3-4-5-6-7-13-10(12)8-9(2)11;1-3-5-6-7-9-12-10(11)8-4-2;1-3-4-5-6-7-10-8(2)9;1-2-3/h4-5H,3,6-8H2,1-2H3;5-6H,3-4,7-9H2,1-2H3;4-5H,3,6-7H2,1-2H3;3H,2H2,1H3/b5-4-;6-5-;5-4-;. The summed E-state index contributed by atoms with van der Waals surface area (Å²) in [6.45, 7) is 14.3. The van der Waals surface area contributed by atoms with Crippen LogP contribution in [0.2, 0.25) is 0 Å². The molecule has 0 aromatic rings. The van der Waals surface area contributed by atoms with E-state index in [2.05, 4.69) is 26.0 Å². The van der Waals surface area contributed by atoms with Gasteiger partial charge in [-0.25, -0.2) is 0 Å². The molecule has 0 aliphatic carbocycles. The Hall–Kier alpha value is -2.74. The third-order valence-electron chi connectivity index (χ3n) is 3.74. The van der Waals surface area contributed by atoms with Gasteiger partial charge in [-0.3, -0.25) is 19.2 Å². The lowest BCUT2D eigenvalue weighted by Crippen LogP contribution is -2.09. The predicted octanol–water partition coefficient (Wildman–Crippen LogP) is 6.46. The molecule has 38 heavy (non-hydrogen) atoms. The number of rotatable bonds is 16. The van der Waals surface area contributed by atoms with Crippen LogP contribution in [-0.2, 0) is 33.4 Å². The van der Waals surface area contributed by atoms with Crippen LogP contribution in [0, 0.1) is 0 Å². The van der Waals surface area contributed by atoms with Crippen molar-refractivity contribution in [2.24, 2.45) is 0 Å². The van der Waals surface area contributed by atoms with E-state index in [1.54, 1.807) is 6.92 Å². The van der Waals surface area contributed by atoms with Crippen LogP contribution in [0.5, 0.6) is 0 Å². The van der Waals surface area contributed by atoms with Crippen LogP contribution in [0.25, 0.3) is 0 Å². The Bertz CT molecular complexity index is 636. The van der Waals surface area contributed by atoms with Crippen molar-refractivity contribution >= 4 is 23.7 Å². The zero-order valence-corrected chi connectivity index (χ0v) is 25.0. The van der Waals surface area contributed by atoms with Crippen LogP contribution in [0.1, 0.15) is 106 Å². The van der Waals surface area contributed by atoms with Gasteiger partial charge in [-0.1, -0.05) is 64.2 Å². The molecule has 0 heterocycles. The van der Waals surface area contributed by atoms with E-state index in [0.717, 1.165) is 44.9 Å². The van der Waals surface area contributed by atoms with Crippen LogP contribution in [0.4, 0.5) is 0 Å². The number of aliphatic hydroxyl groups excluding tert-OH is 1. The number of aliphatic hydroxyl groups is 1. The molecule has 0 spiro atoms. The van der Waals surface area contributed by atoms with Gasteiger partial charge in [0.1, 0.15) is 12.2 Å². The number of hydrogen-bond acceptors (Lipinski definition) is 8. The van der Waals surface area contributed by atoms with Crippen molar-refractivity contribution in [2.75, 3.05) is 26.4 Å². The molecule has 1 N–H and O–H groups in total. The maximum atomic E-state index is 10.8. The summed E-state index contributed by atoms with van der Waals surface area (Å²) in [4.78, 5) is 42.4. The molecule has 0 saturated heterocycles. The number of carbonyl (C=O) groups excluding carboxylic acids is 4. The van der Waals surface area contributed by atoms with Crippen molar-refractivity contribution in [3.05, 3.63) is 36.5 Å². The monoisotopic (exact) mass is 542 g/mol. The van der Waals surface area contributed by atoms with E-state index in [4.69, 9.17) is 19.3 Å². The molecular formula is C30H54O8. The molecule has 0 aliphatic heterocycles. The average molecular weight is 543 g/mol. The van der Waals surface area contributed by atoms with Crippen LogP contribution < -0.4 is 0 Å². The van der Waals surface area contributed by atoms with Gasteiger partial charge in [0.05, 0.1) is 19.8 Å². The first-order chi connectivity index (χ1) is 18.2. The summed E-state index contributed by atoms with van der Waals surface area (Å²) in [5, 5.41) is 7.57. The smallest absolute Gasteiger partial charge is 0.313 e. The molecule has 0 aromatic heterocycles. The summed E-state index contributed by atoms with van der Waals surface area (Å²) in [6.07, 6.45) is 18.9. The predicted molar refractivity (Wildman–Crippen MR) is 154 cm³/mol. The lowest BCUT2D eigenvalue weighted by molar-refractivity contribution is -0.146. The SMILES string of the molecule is CC/C=C\CCOC(=O)CC(C)=O.CC/C=C\CCOC(=O)CCC.CC/C=C\CCOC(C)=O.CCO. The molecule has 0 radical (unpaired) electrons. The molecule has 0 fully saturated rings. The van der Waals surface area contributed by atoms with E-state index in [9.17, 15) is 19.2 Å². The Morgan fingerprint density at radius 2 is 0.974 bits per heavy atom. The number of esters is 3. The second-order valence-electron chi connectivity index (χ2n) is 7.73. The second kappa shape index (κ2) is 38.8. The summed E-state index contributed by atoms with van der Waals surface area (Å²) >= 11 is 0. The minimum atomic E-state index is -0.433. The summed E-state index contributed by atoms with van der Waals surface area (Å²) < 4.78 is 14.4. The Balaban J connectivity index is -0.000000218. The number of Topliss-reactive ketones (excluding diaryl/α,β-unsaturated/α-hetero) is 1. The van der Waals surface area contributed by atoms with Crippen LogP contribution in [-0.4, -0.2) is 55.2 Å². The van der Waals surface area contributed by atoms with E-state index in [1.165, 1.54) is 13.8 Å². The molecule has 0 unspecified atom stereocenters. The summed E-state index contributed by atoms with van der Waals surface area (Å²) in [5.74, 6) is -0.876. The van der Waals surface area contributed by atoms with Gasteiger partial charge in [-0.15, -0.1) is 0 Å². The fraction of sp³-hybridized carbons (Fsp3) is 0.667. The maximum Gasteiger partial charge on any atom is 0.313 e. The van der Waals surface area contributed by atoms with E-state index >= 15 is 0 Å². The number of carbonyl (C=O) groups is 4. The van der Waals surface area contributed by atoms with Gasteiger partial charge in [0.2, 0.25) is 0 Å². The Morgan fingerprint density at radius 1 is 0.605 bits per heavy atom. The third kappa shape index (κ3) is 54.2. The van der Waals surface area contributed by atoms with Crippen LogP contribution >= 0.6 is 0 Å². The Morgan fingerprint density at radius 3 is 1.29 bits per heavy atom. The molecule has 0 rings (SSSR count). The molecule has 0 aliphatic rings. The molecule has 0 aromatic carbocycles. The van der Waals surface area contributed by atoms with Gasteiger partial charge in [0, 0.05) is 20.0 Å². The van der Waals surface area contributed by atoms with Gasteiger partial charge in [0.15, 0.2) is 0 Å². The highest BCUT2D eigenvalue weighted by Gasteiger charge is 2.04. The highest BCUT2D eigenvalue weighted by molar-refractivity contribution is 5.94. The van der Waals surface area contributed by atoms with Crippen molar-refractivity contribution in [3.63, 3.8) is 0 Å². The molecule has 8 heteroatoms. The quantitative estimate of drug-likeness (QED) is 0.0777. The second-order valence-corrected chi connectivity index (χ2v) is 7.73. The van der Waals surface area contributed by atoms with Crippen LogP contribution in [0.3, 0.4) is 0 Å². The highest BCUT2D eigenvalue weighted by atomic mass is 16.5. The Labute approximate surface area is 231 Å². The van der Waals surface area contributed by atoms with Gasteiger partial charge >= 0.3 is 17.9 Å². The molecule has 0 saturated carbocycles. The van der Waals surface area contributed by atoms with Crippen molar-refractivity contribution in [3.8, 4) is 0 Å². The van der Waals surface area contributed by atoms with Gasteiger partial charge in [-0.05, 0) is 58.8 Å². The zero-order chi connectivity index (χ0) is 29.9. The van der Waals surface area contributed by atoms with E-state index in [-0.39, 0.29) is 30.7 Å². The highest BCUT2D eigenvalue weighted by Crippen LogP contribution is 1.94. The molecule has 0 atom stereocenters. The lowest BCUT2D eigenvalue weighted by atomic mass is 10.3. The fourth-order valence-corrected chi connectivity index (χ4v) is 2.14. The summed E-state index contributed by atoms with van der Waals surface area (Å²) in [7, 11) is 0. The number of allylic oxidation sites excluding steroid dienone is 3. The fourth-order valence-electron chi connectivity index (χ4n) is 2.14. The number of hydrogen-bond donors (Lipinski definition) is 1. The molecule has 0 amide bonds. The zero-order valence-electron chi connectivity index (χ0n) is 25.0. The van der Waals surface area contributed by atoms with E-state index in [1.807, 2.05) is 38.2 Å². The average Bonchev–Trinajstić information content (AvgIpc) is 2.84. The molecular weight excluding hydrogens is 488 g/mol. The van der Waals surface area contributed by atoms with Gasteiger partial charge in [-0.2, -0.15) is 0 Å². The molecule has 0 bridgehead atoms. The summed E-state index contributed by atoms with van der Waals surface area (Å²) in [5.41, 5.74) is 0. The molecule has 222 valence electrons. The first-order valence-electron chi connectivity index (χ1n) is 13.7. The van der Waals surface area contributed by atoms with Crippen molar-refractivity contribution < 1.29 is 38.5 Å². The van der Waals surface area contributed by atoms with E-state index < -0.39 is 5.97 Å². The topological polar surface area (TPSA) is 116 Å². The number of ether oxygens (including phenoxy) is 3. The van der Waals surface area contributed by atoms with Crippen LogP contribution in [0.15, 0.2) is 36.5 Å². The largest absolute Gasteiger partial charge is 0.466 e.